The highest BCUT2D eigenvalue weighted by Gasteiger charge is 2.07. The Labute approximate surface area is 103 Å². The van der Waals surface area contributed by atoms with Gasteiger partial charge in [0.1, 0.15) is 5.69 Å². The third-order valence-corrected chi connectivity index (χ3v) is 2.78. The zero-order valence-corrected chi connectivity index (χ0v) is 10.9. The highest BCUT2D eigenvalue weighted by Crippen LogP contribution is 1.94. The molecule has 0 spiro atoms. The van der Waals surface area contributed by atoms with Gasteiger partial charge >= 0.3 is 0 Å². The van der Waals surface area contributed by atoms with Gasteiger partial charge < -0.3 is 10.2 Å². The van der Waals surface area contributed by atoms with Crippen molar-refractivity contribution in [2.75, 3.05) is 26.2 Å². The number of hydrogen-bond acceptors (Lipinski definition) is 3. The predicted molar refractivity (Wildman–Crippen MR) is 67.9 cm³/mol. The molecule has 0 aliphatic carbocycles. The number of carbonyl (C=O) groups is 1. The van der Waals surface area contributed by atoms with Gasteiger partial charge in [-0.3, -0.25) is 9.48 Å². The standard InChI is InChI=1S/C12H22N4O/c1-4-16(5-2)9-6-8-13-12(17)11-7-10-15(3)14-11/h7,10H,4-6,8-9H2,1-3H3,(H,13,17). The fourth-order valence-electron chi connectivity index (χ4n) is 1.67. The van der Waals surface area contributed by atoms with Crippen LogP contribution in [0.4, 0.5) is 0 Å². The van der Waals surface area contributed by atoms with Crippen LogP contribution in [0.25, 0.3) is 0 Å². The largest absolute Gasteiger partial charge is 0.351 e. The van der Waals surface area contributed by atoms with E-state index in [0.717, 1.165) is 26.1 Å². The van der Waals surface area contributed by atoms with Crippen molar-refractivity contribution in [3.05, 3.63) is 18.0 Å². The fraction of sp³-hybridized carbons (Fsp3) is 0.667. The molecular weight excluding hydrogens is 216 g/mol. The highest BCUT2D eigenvalue weighted by molar-refractivity contribution is 5.92. The van der Waals surface area contributed by atoms with E-state index < -0.39 is 0 Å². The third kappa shape index (κ3) is 4.56. The number of aryl methyl sites for hydroxylation is 1. The van der Waals surface area contributed by atoms with Gasteiger partial charge in [0.15, 0.2) is 0 Å². The maximum absolute atomic E-state index is 11.6. The first-order valence-electron chi connectivity index (χ1n) is 6.17. The molecule has 1 amide bonds. The normalized spacial score (nSPS) is 10.8. The highest BCUT2D eigenvalue weighted by atomic mass is 16.1. The lowest BCUT2D eigenvalue weighted by Gasteiger charge is -2.17. The molecule has 0 atom stereocenters. The van der Waals surface area contributed by atoms with Crippen LogP contribution in [-0.2, 0) is 7.05 Å². The molecule has 96 valence electrons. The van der Waals surface area contributed by atoms with Crippen molar-refractivity contribution in [3.63, 3.8) is 0 Å². The summed E-state index contributed by atoms with van der Waals surface area (Å²) < 4.78 is 1.63. The average Bonchev–Trinajstić information content (AvgIpc) is 2.76. The van der Waals surface area contributed by atoms with Crippen molar-refractivity contribution in [3.8, 4) is 0 Å². The molecule has 0 saturated carbocycles. The van der Waals surface area contributed by atoms with Crippen LogP contribution in [0, 0.1) is 0 Å². The Kier molecular flexibility index (Phi) is 5.69. The number of amides is 1. The first-order valence-corrected chi connectivity index (χ1v) is 6.17. The van der Waals surface area contributed by atoms with E-state index in [1.807, 2.05) is 0 Å². The van der Waals surface area contributed by atoms with Crippen molar-refractivity contribution in [1.82, 2.24) is 20.0 Å². The molecule has 0 aliphatic rings. The Bertz CT molecular complexity index is 344. The summed E-state index contributed by atoms with van der Waals surface area (Å²) in [6.07, 6.45) is 2.74. The van der Waals surface area contributed by atoms with Crippen LogP contribution in [0.15, 0.2) is 12.3 Å². The van der Waals surface area contributed by atoms with Gasteiger partial charge in [-0.15, -0.1) is 0 Å². The van der Waals surface area contributed by atoms with Crippen LogP contribution in [0.5, 0.6) is 0 Å². The molecule has 0 aromatic carbocycles. The average molecular weight is 238 g/mol. The molecule has 1 aromatic rings. The Balaban J connectivity index is 2.21. The van der Waals surface area contributed by atoms with Gasteiger partial charge in [-0.1, -0.05) is 13.8 Å². The molecule has 5 heteroatoms. The van der Waals surface area contributed by atoms with Gasteiger partial charge in [0.2, 0.25) is 0 Å². The molecule has 0 unspecified atom stereocenters. The SMILES string of the molecule is CCN(CC)CCCNC(=O)c1ccn(C)n1. The van der Waals surface area contributed by atoms with Gasteiger partial charge in [-0.2, -0.15) is 5.10 Å². The topological polar surface area (TPSA) is 50.2 Å². The molecule has 1 heterocycles. The minimum absolute atomic E-state index is 0.0925. The Morgan fingerprint density at radius 1 is 1.47 bits per heavy atom. The Morgan fingerprint density at radius 2 is 2.18 bits per heavy atom. The number of nitrogens with zero attached hydrogens (tertiary/aromatic N) is 3. The van der Waals surface area contributed by atoms with E-state index in [1.54, 1.807) is 24.0 Å². The lowest BCUT2D eigenvalue weighted by molar-refractivity contribution is 0.0946. The van der Waals surface area contributed by atoms with E-state index in [1.165, 1.54) is 0 Å². The van der Waals surface area contributed by atoms with Crippen LogP contribution < -0.4 is 5.32 Å². The van der Waals surface area contributed by atoms with E-state index in [-0.39, 0.29) is 5.91 Å². The summed E-state index contributed by atoms with van der Waals surface area (Å²) in [4.78, 5) is 14.0. The van der Waals surface area contributed by atoms with Gasteiger partial charge in [0.25, 0.3) is 5.91 Å². The van der Waals surface area contributed by atoms with Crippen molar-refractivity contribution < 1.29 is 4.79 Å². The lowest BCUT2D eigenvalue weighted by atomic mass is 10.3. The minimum atomic E-state index is -0.0925. The fourth-order valence-corrected chi connectivity index (χ4v) is 1.67. The van der Waals surface area contributed by atoms with E-state index in [2.05, 4.69) is 29.2 Å². The van der Waals surface area contributed by atoms with Crippen LogP contribution in [0.2, 0.25) is 0 Å². The number of nitrogens with one attached hydrogen (secondary N) is 1. The molecule has 5 nitrogen and oxygen atoms in total. The second-order valence-electron chi connectivity index (χ2n) is 4.01. The Hall–Kier alpha value is -1.36. The van der Waals surface area contributed by atoms with Crippen molar-refractivity contribution >= 4 is 5.91 Å². The maximum Gasteiger partial charge on any atom is 0.271 e. The molecule has 1 rings (SSSR count). The molecule has 17 heavy (non-hydrogen) atoms. The van der Waals surface area contributed by atoms with Crippen LogP contribution in [0.3, 0.4) is 0 Å². The van der Waals surface area contributed by atoms with Gasteiger partial charge in [0, 0.05) is 19.8 Å². The zero-order chi connectivity index (χ0) is 12.7. The van der Waals surface area contributed by atoms with Gasteiger partial charge in [-0.05, 0) is 32.1 Å². The summed E-state index contributed by atoms with van der Waals surface area (Å²) in [6, 6.07) is 1.72. The van der Waals surface area contributed by atoms with Crippen molar-refractivity contribution in [1.29, 1.82) is 0 Å². The molecule has 1 N–H and O–H groups in total. The summed E-state index contributed by atoms with van der Waals surface area (Å²) in [7, 11) is 1.80. The Morgan fingerprint density at radius 3 is 2.71 bits per heavy atom. The van der Waals surface area contributed by atoms with E-state index >= 15 is 0 Å². The summed E-state index contributed by atoms with van der Waals surface area (Å²) in [5, 5.41) is 6.93. The smallest absolute Gasteiger partial charge is 0.271 e. The molecule has 0 aliphatic heterocycles. The number of aromatic nitrogens is 2. The van der Waals surface area contributed by atoms with Gasteiger partial charge in [0.05, 0.1) is 0 Å². The molecule has 1 aromatic heterocycles. The van der Waals surface area contributed by atoms with Crippen LogP contribution in [-0.4, -0.2) is 46.8 Å². The predicted octanol–water partition coefficient (Wildman–Crippen LogP) is 0.882. The van der Waals surface area contributed by atoms with E-state index in [9.17, 15) is 4.79 Å². The van der Waals surface area contributed by atoms with Crippen molar-refractivity contribution in [2.45, 2.75) is 20.3 Å². The first-order chi connectivity index (χ1) is 8.17. The maximum atomic E-state index is 11.6. The number of hydrogen-bond donors (Lipinski definition) is 1. The lowest BCUT2D eigenvalue weighted by Crippen LogP contribution is -2.30. The monoisotopic (exact) mass is 238 g/mol. The first kappa shape index (κ1) is 13.7. The van der Waals surface area contributed by atoms with E-state index in [0.29, 0.717) is 12.2 Å². The molecule has 0 saturated heterocycles. The van der Waals surface area contributed by atoms with Crippen molar-refractivity contribution in [2.24, 2.45) is 7.05 Å². The van der Waals surface area contributed by atoms with Crippen LogP contribution >= 0.6 is 0 Å². The zero-order valence-electron chi connectivity index (χ0n) is 10.9. The quantitative estimate of drug-likeness (QED) is 0.717. The molecule has 0 fully saturated rings. The number of rotatable bonds is 7. The molecule has 0 radical (unpaired) electrons. The summed E-state index contributed by atoms with van der Waals surface area (Å²) in [5.74, 6) is -0.0925. The summed E-state index contributed by atoms with van der Waals surface area (Å²) in [6.45, 7) is 8.14. The number of carbonyl (C=O) groups excluding carboxylic acids is 1. The molecule has 0 bridgehead atoms. The second-order valence-corrected chi connectivity index (χ2v) is 4.01. The van der Waals surface area contributed by atoms with Crippen LogP contribution in [0.1, 0.15) is 30.8 Å². The summed E-state index contributed by atoms with van der Waals surface area (Å²) in [5.41, 5.74) is 0.482. The van der Waals surface area contributed by atoms with E-state index in [4.69, 9.17) is 0 Å². The van der Waals surface area contributed by atoms with Gasteiger partial charge in [-0.25, -0.2) is 0 Å². The second kappa shape index (κ2) is 7.06. The molecular formula is C12H22N4O. The third-order valence-electron chi connectivity index (χ3n) is 2.78. The summed E-state index contributed by atoms with van der Waals surface area (Å²) >= 11 is 0. The minimum Gasteiger partial charge on any atom is -0.351 e.